The average Bonchev–Trinajstić information content (AvgIpc) is 2.96. The monoisotopic (exact) mass is 360 g/mol. The Balaban J connectivity index is 1.53. The third-order valence-electron chi connectivity index (χ3n) is 9.39. The van der Waals surface area contributed by atoms with Crippen LogP contribution in [0.1, 0.15) is 85.0 Å². The lowest BCUT2D eigenvalue weighted by molar-refractivity contribution is -0.150. The number of esters is 1. The van der Waals surface area contributed by atoms with E-state index in [1.54, 1.807) is 0 Å². The molecule has 0 N–H and O–H groups in total. The maximum Gasteiger partial charge on any atom is 0.303 e. The van der Waals surface area contributed by atoms with Crippen molar-refractivity contribution in [3.8, 4) is 0 Å². The van der Waals surface area contributed by atoms with Crippen LogP contribution in [0, 0.1) is 40.4 Å². The lowest BCUT2D eigenvalue weighted by atomic mass is 9.45. The molecule has 0 aromatic rings. The summed E-state index contributed by atoms with van der Waals surface area (Å²) in [7, 11) is 0. The molecule has 0 bridgehead atoms. The third kappa shape index (κ3) is 2.76. The molecule has 0 aromatic heterocycles. The van der Waals surface area contributed by atoms with E-state index in [4.69, 9.17) is 4.74 Å². The molecule has 4 aliphatic carbocycles. The number of rotatable bonds is 3. The van der Waals surface area contributed by atoms with E-state index in [9.17, 15) is 9.59 Å². The van der Waals surface area contributed by atoms with Crippen LogP contribution in [0.25, 0.3) is 0 Å². The van der Waals surface area contributed by atoms with Crippen molar-refractivity contribution in [2.45, 2.75) is 85.0 Å². The Morgan fingerprint density at radius 3 is 2.42 bits per heavy atom. The van der Waals surface area contributed by atoms with E-state index in [0.717, 1.165) is 24.2 Å². The summed E-state index contributed by atoms with van der Waals surface area (Å²) < 4.78 is 5.05. The number of fused-ring (bicyclic) bond motifs is 5. The minimum Gasteiger partial charge on any atom is -0.458 e. The highest BCUT2D eigenvalue weighted by atomic mass is 16.5. The summed E-state index contributed by atoms with van der Waals surface area (Å²) in [6.07, 6.45) is 13.2. The molecule has 4 saturated carbocycles. The second kappa shape index (κ2) is 6.63. The van der Waals surface area contributed by atoms with Crippen LogP contribution in [0.15, 0.2) is 0 Å². The van der Waals surface area contributed by atoms with Crippen LogP contribution >= 0.6 is 0 Å². The summed E-state index contributed by atoms with van der Waals surface area (Å²) in [5, 5.41) is 0. The van der Waals surface area contributed by atoms with Gasteiger partial charge in [-0.2, -0.15) is 0 Å². The first-order valence-electron chi connectivity index (χ1n) is 11.0. The van der Waals surface area contributed by atoms with Gasteiger partial charge in [0.2, 0.25) is 0 Å². The standard InChI is InChI=1S/C23H36O3/c1-15(24)26-14-21(25)20-10-9-18-17-8-7-16-6-4-5-12-22(16,2)19(17)11-13-23(18,20)3/h16-20H,4-14H2,1-3H3/t16-,17+,18-,19+,20+,22+,23+/m1/s1. The Kier molecular flexibility index (Phi) is 4.72. The lowest BCUT2D eigenvalue weighted by Crippen LogP contribution is -2.53. The number of Topliss-reactive ketones (excluding diaryl/α,β-unsaturated/α-hetero) is 1. The number of carbonyl (C=O) groups is 2. The zero-order valence-electron chi connectivity index (χ0n) is 16.9. The van der Waals surface area contributed by atoms with Gasteiger partial charge in [0.1, 0.15) is 6.61 Å². The summed E-state index contributed by atoms with van der Waals surface area (Å²) in [6, 6.07) is 0. The average molecular weight is 361 g/mol. The first kappa shape index (κ1) is 18.5. The second-order valence-electron chi connectivity index (χ2n) is 10.3. The minimum atomic E-state index is -0.342. The molecule has 4 rings (SSSR count). The van der Waals surface area contributed by atoms with Crippen LogP contribution in [0.4, 0.5) is 0 Å². The predicted octanol–water partition coefficient (Wildman–Crippen LogP) is 5.17. The fraction of sp³-hybridized carbons (Fsp3) is 0.913. The van der Waals surface area contributed by atoms with Crippen molar-refractivity contribution < 1.29 is 14.3 Å². The molecule has 0 unspecified atom stereocenters. The van der Waals surface area contributed by atoms with Crippen LogP contribution in [-0.4, -0.2) is 18.4 Å². The van der Waals surface area contributed by atoms with Crippen molar-refractivity contribution in [1.29, 1.82) is 0 Å². The second-order valence-corrected chi connectivity index (χ2v) is 10.3. The lowest BCUT2D eigenvalue weighted by Gasteiger charge is -2.60. The van der Waals surface area contributed by atoms with Crippen molar-refractivity contribution in [2.24, 2.45) is 40.4 Å². The quantitative estimate of drug-likeness (QED) is 0.652. The van der Waals surface area contributed by atoms with Gasteiger partial charge in [0.15, 0.2) is 5.78 Å². The van der Waals surface area contributed by atoms with E-state index in [1.165, 1.54) is 64.7 Å². The molecule has 0 aromatic carbocycles. The molecule has 26 heavy (non-hydrogen) atoms. The van der Waals surface area contributed by atoms with E-state index in [-0.39, 0.29) is 29.7 Å². The molecule has 4 fully saturated rings. The number of ketones is 1. The SMILES string of the molecule is CC(=O)OCC(=O)[C@@H]1CC[C@@H]2[C@@H]3CC[C@H]4CCCC[C@]4(C)[C@H]3CC[C@@]21C. The van der Waals surface area contributed by atoms with Crippen LogP contribution in [0.2, 0.25) is 0 Å². The van der Waals surface area contributed by atoms with Gasteiger partial charge in [0, 0.05) is 12.8 Å². The number of ether oxygens (including phenoxy) is 1. The fourth-order valence-electron chi connectivity index (χ4n) is 8.10. The van der Waals surface area contributed by atoms with Crippen molar-refractivity contribution in [3.05, 3.63) is 0 Å². The maximum absolute atomic E-state index is 12.8. The Labute approximate surface area is 158 Å². The van der Waals surface area contributed by atoms with Crippen molar-refractivity contribution in [3.63, 3.8) is 0 Å². The van der Waals surface area contributed by atoms with Gasteiger partial charge in [0.05, 0.1) is 0 Å². The molecule has 7 atom stereocenters. The van der Waals surface area contributed by atoms with Crippen molar-refractivity contribution in [1.82, 2.24) is 0 Å². The molecular formula is C23H36O3. The largest absolute Gasteiger partial charge is 0.458 e. The van der Waals surface area contributed by atoms with Crippen LogP contribution in [0.3, 0.4) is 0 Å². The van der Waals surface area contributed by atoms with Gasteiger partial charge >= 0.3 is 5.97 Å². The topological polar surface area (TPSA) is 43.4 Å². The molecule has 0 amide bonds. The molecule has 146 valence electrons. The molecule has 3 heteroatoms. The molecule has 0 spiro atoms. The van der Waals surface area contributed by atoms with Crippen molar-refractivity contribution >= 4 is 11.8 Å². The third-order valence-corrected chi connectivity index (χ3v) is 9.39. The normalized spacial score (nSPS) is 47.4. The molecule has 0 heterocycles. The van der Waals surface area contributed by atoms with Crippen LogP contribution in [0.5, 0.6) is 0 Å². The van der Waals surface area contributed by atoms with E-state index >= 15 is 0 Å². The van der Waals surface area contributed by atoms with Gasteiger partial charge in [-0.25, -0.2) is 0 Å². The number of carbonyl (C=O) groups excluding carboxylic acids is 2. The molecule has 4 aliphatic rings. The van der Waals surface area contributed by atoms with Gasteiger partial charge in [0.25, 0.3) is 0 Å². The Morgan fingerprint density at radius 1 is 0.885 bits per heavy atom. The van der Waals surface area contributed by atoms with E-state index in [0.29, 0.717) is 11.3 Å². The Hall–Kier alpha value is -0.860. The molecule has 0 saturated heterocycles. The number of hydrogen-bond acceptors (Lipinski definition) is 3. The van der Waals surface area contributed by atoms with Gasteiger partial charge in [-0.1, -0.05) is 26.7 Å². The van der Waals surface area contributed by atoms with Gasteiger partial charge < -0.3 is 4.74 Å². The Morgan fingerprint density at radius 2 is 1.65 bits per heavy atom. The molecule has 0 radical (unpaired) electrons. The smallest absolute Gasteiger partial charge is 0.303 e. The Bertz CT molecular complexity index is 584. The zero-order chi connectivity index (χ0) is 18.5. The first-order chi connectivity index (χ1) is 12.4. The summed E-state index contributed by atoms with van der Waals surface area (Å²) in [4.78, 5) is 23.9. The fourth-order valence-corrected chi connectivity index (χ4v) is 8.10. The summed E-state index contributed by atoms with van der Waals surface area (Å²) in [6.45, 7) is 6.36. The highest BCUT2D eigenvalue weighted by Crippen LogP contribution is 2.67. The maximum atomic E-state index is 12.8. The van der Waals surface area contributed by atoms with E-state index in [2.05, 4.69) is 13.8 Å². The highest BCUT2D eigenvalue weighted by molar-refractivity contribution is 5.85. The summed E-state index contributed by atoms with van der Waals surface area (Å²) in [5.41, 5.74) is 0.693. The molecular weight excluding hydrogens is 324 g/mol. The van der Waals surface area contributed by atoms with E-state index < -0.39 is 0 Å². The first-order valence-corrected chi connectivity index (χ1v) is 11.0. The van der Waals surface area contributed by atoms with Gasteiger partial charge in [-0.05, 0) is 85.9 Å². The molecule has 3 nitrogen and oxygen atoms in total. The van der Waals surface area contributed by atoms with Gasteiger partial charge in [-0.3, -0.25) is 9.59 Å². The highest BCUT2D eigenvalue weighted by Gasteiger charge is 2.60. The predicted molar refractivity (Wildman–Crippen MR) is 101 cm³/mol. The summed E-state index contributed by atoms with van der Waals surface area (Å²) >= 11 is 0. The number of hydrogen-bond donors (Lipinski definition) is 0. The van der Waals surface area contributed by atoms with Gasteiger partial charge in [-0.15, -0.1) is 0 Å². The minimum absolute atomic E-state index is 0.0177. The van der Waals surface area contributed by atoms with Crippen molar-refractivity contribution in [2.75, 3.05) is 6.61 Å². The molecule has 0 aliphatic heterocycles. The zero-order valence-corrected chi connectivity index (χ0v) is 16.9. The summed E-state index contributed by atoms with van der Waals surface area (Å²) in [5.74, 6) is 3.27. The van der Waals surface area contributed by atoms with Crippen LogP contribution < -0.4 is 0 Å². The van der Waals surface area contributed by atoms with Crippen LogP contribution in [-0.2, 0) is 14.3 Å². The van der Waals surface area contributed by atoms with E-state index in [1.807, 2.05) is 0 Å².